The van der Waals surface area contributed by atoms with Crippen molar-refractivity contribution < 1.29 is 9.18 Å². The minimum Gasteiger partial charge on any atom is -0.318 e. The lowest BCUT2D eigenvalue weighted by Crippen LogP contribution is -2.42. The molecule has 0 saturated carbocycles. The third-order valence-corrected chi connectivity index (χ3v) is 5.20. The summed E-state index contributed by atoms with van der Waals surface area (Å²) >= 11 is 1.90. The Balaban J connectivity index is 1.89. The molecular formula is C15H19FN2OS. The molecule has 2 aliphatic rings. The molecule has 1 aromatic rings. The Morgan fingerprint density at radius 2 is 2.30 bits per heavy atom. The maximum absolute atomic E-state index is 13.4. The summed E-state index contributed by atoms with van der Waals surface area (Å²) in [6.07, 6.45) is 1.99. The van der Waals surface area contributed by atoms with Gasteiger partial charge in [0.2, 0.25) is 5.91 Å². The van der Waals surface area contributed by atoms with E-state index < -0.39 is 0 Å². The molecule has 3 rings (SSSR count). The summed E-state index contributed by atoms with van der Waals surface area (Å²) in [7, 11) is 0. The second-order valence-corrected chi connectivity index (χ2v) is 6.61. The van der Waals surface area contributed by atoms with Crippen LogP contribution in [0.15, 0.2) is 24.3 Å². The van der Waals surface area contributed by atoms with Crippen LogP contribution >= 0.6 is 11.8 Å². The van der Waals surface area contributed by atoms with Crippen LogP contribution in [0.4, 0.5) is 4.39 Å². The predicted molar refractivity (Wildman–Crippen MR) is 78.9 cm³/mol. The molecule has 0 spiro atoms. The van der Waals surface area contributed by atoms with Gasteiger partial charge in [-0.15, -0.1) is 0 Å². The molecule has 3 atom stereocenters. The summed E-state index contributed by atoms with van der Waals surface area (Å²) in [5, 5.41) is 3.29. The summed E-state index contributed by atoms with van der Waals surface area (Å²) in [5.41, 5.74) is 0.832. The fourth-order valence-corrected chi connectivity index (χ4v) is 4.14. The average molecular weight is 294 g/mol. The van der Waals surface area contributed by atoms with Crippen molar-refractivity contribution in [3.63, 3.8) is 0 Å². The van der Waals surface area contributed by atoms with Crippen molar-refractivity contribution in [2.24, 2.45) is 0 Å². The number of amides is 1. The normalized spacial score (nSPS) is 30.8. The predicted octanol–water partition coefficient (Wildman–Crippen LogP) is 2.54. The Morgan fingerprint density at radius 3 is 3.00 bits per heavy atom. The minimum atomic E-state index is -0.255. The standard InChI is InChI=1S/C15H19FN2OS/c1-10-15(19)18(13-6-3-7-20-9-13)14(17-10)11-4-2-5-12(16)8-11/h2,4-5,8,10,13-14,17H,3,6-7,9H2,1H3. The van der Waals surface area contributed by atoms with Crippen molar-refractivity contribution >= 4 is 17.7 Å². The van der Waals surface area contributed by atoms with Crippen LogP contribution in [0.5, 0.6) is 0 Å². The van der Waals surface area contributed by atoms with E-state index >= 15 is 0 Å². The number of halogens is 1. The van der Waals surface area contributed by atoms with Crippen molar-refractivity contribution in [1.82, 2.24) is 10.2 Å². The van der Waals surface area contributed by atoms with E-state index in [0.717, 1.165) is 24.2 Å². The second-order valence-electron chi connectivity index (χ2n) is 5.46. The molecule has 1 amide bonds. The number of carbonyl (C=O) groups excluding carboxylic acids is 1. The molecule has 5 heteroatoms. The smallest absolute Gasteiger partial charge is 0.241 e. The molecule has 1 N–H and O–H groups in total. The molecule has 3 unspecified atom stereocenters. The van der Waals surface area contributed by atoms with Crippen LogP contribution < -0.4 is 5.32 Å². The van der Waals surface area contributed by atoms with Crippen LogP contribution in [-0.4, -0.2) is 34.4 Å². The molecule has 108 valence electrons. The quantitative estimate of drug-likeness (QED) is 0.910. The number of rotatable bonds is 2. The first-order valence-electron chi connectivity index (χ1n) is 7.08. The number of nitrogens with zero attached hydrogens (tertiary/aromatic N) is 1. The van der Waals surface area contributed by atoms with E-state index in [4.69, 9.17) is 0 Å². The average Bonchev–Trinajstić information content (AvgIpc) is 2.76. The van der Waals surface area contributed by atoms with Crippen LogP contribution in [0.3, 0.4) is 0 Å². The molecule has 3 nitrogen and oxygen atoms in total. The zero-order valence-corrected chi connectivity index (χ0v) is 12.3. The van der Waals surface area contributed by atoms with Gasteiger partial charge in [-0.25, -0.2) is 4.39 Å². The van der Waals surface area contributed by atoms with Gasteiger partial charge >= 0.3 is 0 Å². The number of hydrogen-bond acceptors (Lipinski definition) is 3. The third-order valence-electron chi connectivity index (χ3n) is 4.01. The fraction of sp³-hybridized carbons (Fsp3) is 0.533. The molecule has 2 aliphatic heterocycles. The van der Waals surface area contributed by atoms with Gasteiger partial charge in [0.1, 0.15) is 12.0 Å². The summed E-state index contributed by atoms with van der Waals surface area (Å²) in [6.45, 7) is 1.88. The summed E-state index contributed by atoms with van der Waals surface area (Å²) < 4.78 is 13.4. The Kier molecular flexibility index (Phi) is 3.98. The van der Waals surface area contributed by atoms with Gasteiger partial charge in [-0.1, -0.05) is 12.1 Å². The van der Waals surface area contributed by atoms with Gasteiger partial charge in [-0.2, -0.15) is 11.8 Å². The lowest BCUT2D eigenvalue weighted by atomic mass is 10.1. The molecule has 0 radical (unpaired) electrons. The van der Waals surface area contributed by atoms with Crippen LogP contribution in [-0.2, 0) is 4.79 Å². The molecular weight excluding hydrogens is 275 g/mol. The first kappa shape index (κ1) is 13.9. The maximum atomic E-state index is 13.4. The zero-order chi connectivity index (χ0) is 14.1. The highest BCUT2D eigenvalue weighted by molar-refractivity contribution is 7.99. The van der Waals surface area contributed by atoms with E-state index in [1.54, 1.807) is 6.07 Å². The van der Waals surface area contributed by atoms with Gasteiger partial charge in [-0.05, 0) is 43.2 Å². The Bertz CT molecular complexity index is 504. The molecule has 0 bridgehead atoms. The summed E-state index contributed by atoms with van der Waals surface area (Å²) in [4.78, 5) is 14.4. The summed E-state index contributed by atoms with van der Waals surface area (Å²) in [6, 6.07) is 6.60. The minimum absolute atomic E-state index is 0.131. The number of hydrogen-bond donors (Lipinski definition) is 1. The Hall–Kier alpha value is -1.07. The van der Waals surface area contributed by atoms with Crippen molar-refractivity contribution in [3.05, 3.63) is 35.6 Å². The zero-order valence-electron chi connectivity index (χ0n) is 11.5. The molecule has 20 heavy (non-hydrogen) atoms. The second kappa shape index (κ2) is 5.74. The number of thioether (sulfide) groups is 1. The van der Waals surface area contributed by atoms with Crippen molar-refractivity contribution in [2.75, 3.05) is 11.5 Å². The third kappa shape index (κ3) is 2.56. The van der Waals surface area contributed by atoms with Crippen molar-refractivity contribution in [3.8, 4) is 0 Å². The van der Waals surface area contributed by atoms with E-state index in [9.17, 15) is 9.18 Å². The molecule has 0 aromatic heterocycles. The maximum Gasteiger partial charge on any atom is 0.241 e. The van der Waals surface area contributed by atoms with Crippen molar-refractivity contribution in [1.29, 1.82) is 0 Å². The van der Waals surface area contributed by atoms with Crippen LogP contribution in [0, 0.1) is 5.82 Å². The monoisotopic (exact) mass is 294 g/mol. The highest BCUT2D eigenvalue weighted by Gasteiger charge is 2.41. The highest BCUT2D eigenvalue weighted by Crippen LogP contribution is 2.32. The number of benzene rings is 1. The number of nitrogens with one attached hydrogen (secondary N) is 1. The molecule has 0 aliphatic carbocycles. The first-order valence-corrected chi connectivity index (χ1v) is 8.24. The summed E-state index contributed by atoms with van der Waals surface area (Å²) in [5.74, 6) is 2.03. The van der Waals surface area contributed by atoms with Crippen molar-refractivity contribution in [2.45, 2.75) is 38.0 Å². The Morgan fingerprint density at radius 1 is 1.45 bits per heavy atom. The molecule has 2 heterocycles. The largest absolute Gasteiger partial charge is 0.318 e. The topological polar surface area (TPSA) is 32.3 Å². The molecule has 1 aromatic carbocycles. The molecule has 2 fully saturated rings. The van der Waals surface area contributed by atoms with E-state index in [1.807, 2.05) is 29.7 Å². The Labute approximate surface area is 122 Å². The van der Waals surface area contributed by atoms with E-state index in [1.165, 1.54) is 17.9 Å². The van der Waals surface area contributed by atoms with Gasteiger partial charge in [0.25, 0.3) is 0 Å². The van der Waals surface area contributed by atoms with Crippen LogP contribution in [0.2, 0.25) is 0 Å². The van der Waals surface area contributed by atoms with Crippen LogP contribution in [0.25, 0.3) is 0 Å². The van der Waals surface area contributed by atoms with E-state index in [2.05, 4.69) is 5.32 Å². The van der Waals surface area contributed by atoms with E-state index in [0.29, 0.717) is 0 Å². The molecule has 2 saturated heterocycles. The SMILES string of the molecule is CC1NC(c2cccc(F)c2)N(C2CCCSC2)C1=O. The lowest BCUT2D eigenvalue weighted by molar-refractivity contribution is -0.131. The van der Waals surface area contributed by atoms with Gasteiger partial charge in [0.15, 0.2) is 0 Å². The van der Waals surface area contributed by atoms with Gasteiger partial charge in [-0.3, -0.25) is 10.1 Å². The first-order chi connectivity index (χ1) is 9.66. The van der Waals surface area contributed by atoms with E-state index in [-0.39, 0.29) is 30.0 Å². The number of carbonyl (C=O) groups is 1. The lowest BCUT2D eigenvalue weighted by Gasteiger charge is -2.35. The van der Waals surface area contributed by atoms with Gasteiger partial charge < -0.3 is 4.90 Å². The van der Waals surface area contributed by atoms with Crippen LogP contribution in [0.1, 0.15) is 31.5 Å². The van der Waals surface area contributed by atoms with Gasteiger partial charge in [0, 0.05) is 11.8 Å². The highest BCUT2D eigenvalue weighted by atomic mass is 32.2. The van der Waals surface area contributed by atoms with Gasteiger partial charge in [0.05, 0.1) is 6.04 Å². The fourth-order valence-electron chi connectivity index (χ4n) is 3.01.